The highest BCUT2D eigenvalue weighted by molar-refractivity contribution is 6.02. The van der Waals surface area contributed by atoms with E-state index in [0.717, 1.165) is 31.6 Å². The Bertz CT molecular complexity index is 478. The first-order valence-electron chi connectivity index (χ1n) is 7.42. The number of piperidine rings is 1. The van der Waals surface area contributed by atoms with E-state index in [1.165, 1.54) is 24.0 Å². The molecule has 2 atom stereocenters. The zero-order chi connectivity index (χ0) is 13.2. The number of rotatable bonds is 3. The molecule has 0 spiro atoms. The van der Waals surface area contributed by atoms with Gasteiger partial charge in [0.25, 0.3) is 0 Å². The topological polar surface area (TPSA) is 41.1 Å². The Hall–Kier alpha value is -1.35. The largest absolute Gasteiger partial charge is 0.325 e. The second-order valence-electron chi connectivity index (χ2n) is 5.77. The van der Waals surface area contributed by atoms with Crippen LogP contribution in [0.1, 0.15) is 43.2 Å². The number of nitrogens with one attached hydrogen (secondary N) is 2. The van der Waals surface area contributed by atoms with Crippen molar-refractivity contribution >= 4 is 11.6 Å². The van der Waals surface area contributed by atoms with Crippen LogP contribution < -0.4 is 10.6 Å². The average molecular weight is 258 g/mol. The fraction of sp³-hybridized carbons (Fsp3) is 0.562. The van der Waals surface area contributed by atoms with E-state index >= 15 is 0 Å². The van der Waals surface area contributed by atoms with Gasteiger partial charge in [-0.3, -0.25) is 4.79 Å². The molecule has 3 nitrogen and oxygen atoms in total. The summed E-state index contributed by atoms with van der Waals surface area (Å²) >= 11 is 0. The van der Waals surface area contributed by atoms with Gasteiger partial charge < -0.3 is 10.6 Å². The highest BCUT2D eigenvalue weighted by Gasteiger charge is 2.32. The van der Waals surface area contributed by atoms with Crippen LogP contribution in [0.5, 0.6) is 0 Å². The van der Waals surface area contributed by atoms with Crippen molar-refractivity contribution in [3.8, 4) is 0 Å². The smallest absolute Gasteiger partial charge is 0.232 e. The summed E-state index contributed by atoms with van der Waals surface area (Å²) < 4.78 is 0. The minimum absolute atomic E-state index is 0.0615. The first kappa shape index (κ1) is 12.7. The SMILES string of the molecule is CCc1ccc2c(c1)C(CC1CCCNC1)C(=O)N2. The van der Waals surface area contributed by atoms with Crippen LogP contribution in [0, 0.1) is 5.92 Å². The fourth-order valence-electron chi connectivity index (χ4n) is 3.29. The van der Waals surface area contributed by atoms with Crippen LogP contribution >= 0.6 is 0 Å². The van der Waals surface area contributed by atoms with Crippen LogP contribution in [0.25, 0.3) is 0 Å². The van der Waals surface area contributed by atoms with Gasteiger partial charge in [0, 0.05) is 5.69 Å². The summed E-state index contributed by atoms with van der Waals surface area (Å²) in [6.45, 7) is 4.35. The van der Waals surface area contributed by atoms with Gasteiger partial charge in [-0.2, -0.15) is 0 Å². The maximum absolute atomic E-state index is 12.2. The summed E-state index contributed by atoms with van der Waals surface area (Å²) in [5, 5.41) is 6.47. The van der Waals surface area contributed by atoms with Gasteiger partial charge in [0.15, 0.2) is 0 Å². The van der Waals surface area contributed by atoms with Crippen molar-refractivity contribution < 1.29 is 4.79 Å². The number of hydrogen-bond acceptors (Lipinski definition) is 2. The van der Waals surface area contributed by atoms with E-state index in [2.05, 4.69) is 35.8 Å². The van der Waals surface area contributed by atoms with Gasteiger partial charge in [-0.1, -0.05) is 19.1 Å². The zero-order valence-electron chi connectivity index (χ0n) is 11.5. The summed E-state index contributed by atoms with van der Waals surface area (Å²) in [6, 6.07) is 6.39. The molecule has 2 N–H and O–H groups in total. The van der Waals surface area contributed by atoms with Gasteiger partial charge in [0.1, 0.15) is 0 Å². The first-order chi connectivity index (χ1) is 9.28. The highest BCUT2D eigenvalue weighted by Crippen LogP contribution is 2.38. The van der Waals surface area contributed by atoms with Crippen LogP contribution in [0.15, 0.2) is 18.2 Å². The lowest BCUT2D eigenvalue weighted by molar-refractivity contribution is -0.117. The Balaban J connectivity index is 1.80. The van der Waals surface area contributed by atoms with Crippen LogP contribution in [0.4, 0.5) is 5.69 Å². The highest BCUT2D eigenvalue weighted by atomic mass is 16.2. The van der Waals surface area contributed by atoms with Crippen molar-refractivity contribution in [1.82, 2.24) is 5.32 Å². The van der Waals surface area contributed by atoms with Crippen LogP contribution in [0.3, 0.4) is 0 Å². The average Bonchev–Trinajstić information content (AvgIpc) is 2.76. The van der Waals surface area contributed by atoms with Gasteiger partial charge in [-0.05, 0) is 61.9 Å². The number of amides is 1. The minimum Gasteiger partial charge on any atom is -0.325 e. The van der Waals surface area contributed by atoms with Gasteiger partial charge in [0.05, 0.1) is 5.92 Å². The van der Waals surface area contributed by atoms with Crippen LogP contribution in [-0.4, -0.2) is 19.0 Å². The molecule has 0 aliphatic carbocycles. The molecule has 0 bridgehead atoms. The maximum atomic E-state index is 12.2. The third kappa shape index (κ3) is 2.52. The normalized spacial score (nSPS) is 26.1. The minimum atomic E-state index is 0.0615. The van der Waals surface area contributed by atoms with Crippen molar-refractivity contribution in [1.29, 1.82) is 0 Å². The predicted octanol–water partition coefficient (Wildman–Crippen LogP) is 2.67. The number of carbonyl (C=O) groups excluding carboxylic acids is 1. The zero-order valence-corrected chi connectivity index (χ0v) is 11.5. The standard InChI is InChI=1S/C16H22N2O/c1-2-11-5-6-15-13(8-11)14(16(19)18-15)9-12-4-3-7-17-10-12/h5-6,8,12,14,17H,2-4,7,9-10H2,1H3,(H,18,19). The molecule has 2 heterocycles. The number of benzene rings is 1. The molecule has 3 heteroatoms. The Labute approximate surface area is 114 Å². The Kier molecular flexibility index (Phi) is 3.56. The summed E-state index contributed by atoms with van der Waals surface area (Å²) in [5.74, 6) is 0.890. The van der Waals surface area contributed by atoms with Gasteiger partial charge in [-0.15, -0.1) is 0 Å². The van der Waals surface area contributed by atoms with E-state index < -0.39 is 0 Å². The lowest BCUT2D eigenvalue weighted by Gasteiger charge is -2.24. The van der Waals surface area contributed by atoms with Gasteiger partial charge in [-0.25, -0.2) is 0 Å². The number of anilines is 1. The molecule has 3 rings (SSSR count). The number of carbonyl (C=O) groups is 1. The molecular weight excluding hydrogens is 236 g/mol. The second kappa shape index (κ2) is 5.33. The lowest BCUT2D eigenvalue weighted by Crippen LogP contribution is -2.31. The second-order valence-corrected chi connectivity index (χ2v) is 5.77. The molecule has 1 fully saturated rings. The molecule has 1 amide bonds. The molecule has 0 radical (unpaired) electrons. The lowest BCUT2D eigenvalue weighted by atomic mass is 9.85. The van der Waals surface area contributed by atoms with E-state index in [1.54, 1.807) is 0 Å². The fourth-order valence-corrected chi connectivity index (χ4v) is 3.29. The Morgan fingerprint density at radius 1 is 1.37 bits per heavy atom. The number of aryl methyl sites for hydroxylation is 1. The molecule has 2 unspecified atom stereocenters. The number of hydrogen-bond donors (Lipinski definition) is 2. The van der Waals surface area contributed by atoms with Crippen molar-refractivity contribution in [2.75, 3.05) is 18.4 Å². The summed E-state index contributed by atoms with van der Waals surface area (Å²) in [6.07, 6.45) is 4.50. The van der Waals surface area contributed by atoms with Crippen molar-refractivity contribution in [3.05, 3.63) is 29.3 Å². The predicted molar refractivity (Wildman–Crippen MR) is 77.4 cm³/mol. The number of fused-ring (bicyclic) bond motifs is 1. The molecule has 1 aromatic rings. The summed E-state index contributed by atoms with van der Waals surface area (Å²) in [7, 11) is 0. The van der Waals surface area contributed by atoms with Gasteiger partial charge >= 0.3 is 0 Å². The van der Waals surface area contributed by atoms with Crippen LogP contribution in [-0.2, 0) is 11.2 Å². The maximum Gasteiger partial charge on any atom is 0.232 e. The molecule has 2 aliphatic rings. The molecule has 1 aromatic carbocycles. The molecule has 1 saturated heterocycles. The Morgan fingerprint density at radius 2 is 2.26 bits per heavy atom. The van der Waals surface area contributed by atoms with Crippen molar-refractivity contribution in [3.63, 3.8) is 0 Å². The first-order valence-corrected chi connectivity index (χ1v) is 7.42. The Morgan fingerprint density at radius 3 is 3.00 bits per heavy atom. The summed E-state index contributed by atoms with van der Waals surface area (Å²) in [4.78, 5) is 12.2. The van der Waals surface area contributed by atoms with E-state index in [9.17, 15) is 4.79 Å². The van der Waals surface area contributed by atoms with Crippen LogP contribution in [0.2, 0.25) is 0 Å². The van der Waals surface area contributed by atoms with E-state index in [1.807, 2.05) is 0 Å². The van der Waals surface area contributed by atoms with E-state index in [4.69, 9.17) is 0 Å². The van der Waals surface area contributed by atoms with E-state index in [0.29, 0.717) is 5.92 Å². The third-order valence-electron chi connectivity index (χ3n) is 4.44. The molecule has 0 aromatic heterocycles. The quantitative estimate of drug-likeness (QED) is 0.875. The monoisotopic (exact) mass is 258 g/mol. The molecule has 19 heavy (non-hydrogen) atoms. The summed E-state index contributed by atoms with van der Waals surface area (Å²) in [5.41, 5.74) is 3.56. The van der Waals surface area contributed by atoms with Crippen molar-refractivity contribution in [2.45, 2.75) is 38.5 Å². The molecule has 0 saturated carbocycles. The van der Waals surface area contributed by atoms with E-state index in [-0.39, 0.29) is 11.8 Å². The third-order valence-corrected chi connectivity index (χ3v) is 4.44. The van der Waals surface area contributed by atoms with Crippen molar-refractivity contribution in [2.24, 2.45) is 5.92 Å². The molecular formula is C16H22N2O. The molecule has 102 valence electrons. The molecule has 2 aliphatic heterocycles. The van der Waals surface area contributed by atoms with Gasteiger partial charge in [0.2, 0.25) is 5.91 Å².